The Labute approximate surface area is 102 Å². The molecule has 3 unspecified atom stereocenters. The molecule has 0 aromatic heterocycles. The standard InChI is InChI=1S/C15H19FO/c1-9-5-10(2)14(13(16)6-9)15(17)8-11-3-4-12(15)7-11/h5-6,11-12,17H,3-4,7-8H2,1-2H3. The highest BCUT2D eigenvalue weighted by molar-refractivity contribution is 5.38. The van der Waals surface area contributed by atoms with Crippen LogP contribution in [0.2, 0.25) is 0 Å². The molecular weight excluding hydrogens is 215 g/mol. The molecular formula is C15H19FO. The molecule has 1 aromatic rings. The lowest BCUT2D eigenvalue weighted by molar-refractivity contribution is -0.0217. The molecule has 2 aliphatic rings. The molecule has 2 aliphatic carbocycles. The molecule has 0 radical (unpaired) electrons. The lowest BCUT2D eigenvalue weighted by Crippen LogP contribution is -2.34. The van der Waals surface area contributed by atoms with Gasteiger partial charge in [0.2, 0.25) is 0 Å². The fourth-order valence-electron chi connectivity index (χ4n) is 4.07. The Kier molecular flexibility index (Phi) is 2.34. The van der Waals surface area contributed by atoms with Gasteiger partial charge in [-0.05, 0) is 68.6 Å². The fraction of sp³-hybridized carbons (Fsp3) is 0.600. The first-order chi connectivity index (χ1) is 8.00. The van der Waals surface area contributed by atoms with Gasteiger partial charge in [-0.25, -0.2) is 4.39 Å². The van der Waals surface area contributed by atoms with Crippen LogP contribution in [0.5, 0.6) is 0 Å². The molecule has 0 spiro atoms. The number of halogens is 1. The lowest BCUT2D eigenvalue weighted by Gasteiger charge is -2.34. The molecule has 0 aliphatic heterocycles. The summed E-state index contributed by atoms with van der Waals surface area (Å²) in [5.74, 6) is 0.644. The van der Waals surface area contributed by atoms with Crippen molar-refractivity contribution in [3.05, 3.63) is 34.6 Å². The molecule has 3 rings (SSSR count). The van der Waals surface area contributed by atoms with E-state index in [1.54, 1.807) is 6.07 Å². The molecule has 17 heavy (non-hydrogen) atoms. The highest BCUT2D eigenvalue weighted by atomic mass is 19.1. The summed E-state index contributed by atoms with van der Waals surface area (Å²) in [7, 11) is 0. The predicted molar refractivity (Wildman–Crippen MR) is 65.2 cm³/mol. The second-order valence-corrected chi connectivity index (χ2v) is 5.94. The molecule has 1 aromatic carbocycles. The number of aryl methyl sites for hydroxylation is 2. The third kappa shape index (κ3) is 1.54. The van der Waals surface area contributed by atoms with Gasteiger partial charge in [-0.1, -0.05) is 6.07 Å². The zero-order valence-electron chi connectivity index (χ0n) is 10.5. The first-order valence-corrected chi connectivity index (χ1v) is 6.50. The van der Waals surface area contributed by atoms with Crippen LogP contribution >= 0.6 is 0 Å². The molecule has 92 valence electrons. The molecule has 0 amide bonds. The summed E-state index contributed by atoms with van der Waals surface area (Å²) >= 11 is 0. The smallest absolute Gasteiger partial charge is 0.129 e. The van der Waals surface area contributed by atoms with E-state index in [1.165, 1.54) is 6.42 Å². The van der Waals surface area contributed by atoms with Gasteiger partial charge in [-0.3, -0.25) is 0 Å². The quantitative estimate of drug-likeness (QED) is 0.789. The van der Waals surface area contributed by atoms with Gasteiger partial charge in [-0.15, -0.1) is 0 Å². The lowest BCUT2D eigenvalue weighted by atomic mass is 9.77. The molecule has 0 heterocycles. The average molecular weight is 234 g/mol. The zero-order chi connectivity index (χ0) is 12.2. The van der Waals surface area contributed by atoms with Crippen LogP contribution in [0.1, 0.15) is 42.4 Å². The minimum Gasteiger partial charge on any atom is -0.385 e. The van der Waals surface area contributed by atoms with E-state index in [9.17, 15) is 9.50 Å². The maximum atomic E-state index is 14.2. The summed E-state index contributed by atoms with van der Waals surface area (Å²) in [6.07, 6.45) is 4.08. The van der Waals surface area contributed by atoms with Crippen LogP contribution in [0.4, 0.5) is 4.39 Å². The van der Waals surface area contributed by atoms with Crippen LogP contribution in [0, 0.1) is 31.5 Å². The van der Waals surface area contributed by atoms with Gasteiger partial charge in [0, 0.05) is 5.56 Å². The molecule has 2 heteroatoms. The highest BCUT2D eigenvalue weighted by Crippen LogP contribution is 2.56. The van der Waals surface area contributed by atoms with Gasteiger partial charge >= 0.3 is 0 Å². The molecule has 0 saturated heterocycles. The van der Waals surface area contributed by atoms with Gasteiger partial charge in [0.25, 0.3) is 0 Å². The third-order valence-electron chi connectivity index (χ3n) is 4.68. The minimum absolute atomic E-state index is 0.224. The number of rotatable bonds is 1. The van der Waals surface area contributed by atoms with Gasteiger partial charge < -0.3 is 5.11 Å². The monoisotopic (exact) mass is 234 g/mol. The summed E-state index contributed by atoms with van der Waals surface area (Å²) < 4.78 is 14.2. The van der Waals surface area contributed by atoms with Gasteiger partial charge in [0.15, 0.2) is 0 Å². The Morgan fingerprint density at radius 1 is 1.29 bits per heavy atom. The van der Waals surface area contributed by atoms with Gasteiger partial charge in [0.05, 0.1) is 5.60 Å². The fourth-order valence-corrected chi connectivity index (χ4v) is 4.07. The Morgan fingerprint density at radius 3 is 2.59 bits per heavy atom. The molecule has 1 N–H and O–H groups in total. The van der Waals surface area contributed by atoms with E-state index in [2.05, 4.69) is 0 Å². The maximum Gasteiger partial charge on any atom is 0.129 e. The van der Waals surface area contributed by atoms with E-state index < -0.39 is 5.60 Å². The first-order valence-electron chi connectivity index (χ1n) is 6.50. The first kappa shape index (κ1) is 11.2. The summed E-state index contributed by atoms with van der Waals surface area (Å²) in [6.45, 7) is 3.81. The van der Waals surface area contributed by atoms with Crippen molar-refractivity contribution in [1.82, 2.24) is 0 Å². The number of fused-ring (bicyclic) bond motifs is 2. The number of hydrogen-bond acceptors (Lipinski definition) is 1. The zero-order valence-corrected chi connectivity index (χ0v) is 10.5. The Balaban J connectivity index is 2.10. The number of aliphatic hydroxyl groups is 1. The maximum absolute atomic E-state index is 14.2. The van der Waals surface area contributed by atoms with E-state index in [1.807, 2.05) is 19.9 Å². The summed E-state index contributed by atoms with van der Waals surface area (Å²) in [4.78, 5) is 0. The Bertz CT molecular complexity index is 445. The van der Waals surface area contributed by atoms with Crippen molar-refractivity contribution in [3.63, 3.8) is 0 Å². The van der Waals surface area contributed by atoms with Crippen LogP contribution in [-0.4, -0.2) is 5.11 Å². The van der Waals surface area contributed by atoms with E-state index in [4.69, 9.17) is 0 Å². The van der Waals surface area contributed by atoms with Crippen molar-refractivity contribution in [3.8, 4) is 0 Å². The van der Waals surface area contributed by atoms with Crippen molar-refractivity contribution in [1.29, 1.82) is 0 Å². The molecule has 2 fully saturated rings. The SMILES string of the molecule is Cc1cc(C)c(C2(O)CC3CCC2C3)c(F)c1. The van der Waals surface area contributed by atoms with Crippen LogP contribution in [0.15, 0.2) is 12.1 Å². The minimum atomic E-state index is -0.898. The summed E-state index contributed by atoms with van der Waals surface area (Å²) in [6, 6.07) is 3.52. The van der Waals surface area contributed by atoms with Gasteiger partial charge in [0.1, 0.15) is 5.82 Å². The molecule has 1 nitrogen and oxygen atoms in total. The number of benzene rings is 1. The molecule has 2 saturated carbocycles. The second-order valence-electron chi connectivity index (χ2n) is 5.94. The van der Waals surface area contributed by atoms with Crippen LogP contribution in [0.25, 0.3) is 0 Å². The van der Waals surface area contributed by atoms with E-state index in [0.29, 0.717) is 11.5 Å². The predicted octanol–water partition coefficient (Wildman–Crippen LogP) is 3.45. The van der Waals surface area contributed by atoms with Crippen LogP contribution in [-0.2, 0) is 5.60 Å². The normalized spacial score (nSPS) is 35.5. The van der Waals surface area contributed by atoms with E-state index >= 15 is 0 Å². The topological polar surface area (TPSA) is 20.2 Å². The van der Waals surface area contributed by atoms with Crippen molar-refractivity contribution in [2.45, 2.75) is 45.1 Å². The largest absolute Gasteiger partial charge is 0.385 e. The van der Waals surface area contributed by atoms with Crippen LogP contribution < -0.4 is 0 Å². The van der Waals surface area contributed by atoms with Crippen molar-refractivity contribution < 1.29 is 9.50 Å². The average Bonchev–Trinajstić information content (AvgIpc) is 2.74. The van der Waals surface area contributed by atoms with E-state index in [0.717, 1.165) is 30.4 Å². The van der Waals surface area contributed by atoms with Crippen molar-refractivity contribution >= 4 is 0 Å². The Morgan fingerprint density at radius 2 is 2.06 bits per heavy atom. The van der Waals surface area contributed by atoms with Crippen molar-refractivity contribution in [2.75, 3.05) is 0 Å². The third-order valence-corrected chi connectivity index (χ3v) is 4.68. The highest BCUT2D eigenvalue weighted by Gasteiger charge is 2.52. The summed E-state index contributed by atoms with van der Waals surface area (Å²) in [5, 5.41) is 10.9. The summed E-state index contributed by atoms with van der Waals surface area (Å²) in [5.41, 5.74) is 1.49. The second kappa shape index (κ2) is 3.55. The number of hydrogen-bond donors (Lipinski definition) is 1. The Hall–Kier alpha value is -0.890. The molecule has 3 atom stereocenters. The van der Waals surface area contributed by atoms with Crippen molar-refractivity contribution in [2.24, 2.45) is 11.8 Å². The van der Waals surface area contributed by atoms with Crippen LogP contribution in [0.3, 0.4) is 0 Å². The van der Waals surface area contributed by atoms with Gasteiger partial charge in [-0.2, -0.15) is 0 Å². The van der Waals surface area contributed by atoms with E-state index in [-0.39, 0.29) is 11.7 Å². The molecule has 2 bridgehead atoms.